The molecule has 272 valence electrons. The average molecular weight is 731 g/mol. The van der Waals surface area contributed by atoms with Crippen LogP contribution in [0.15, 0.2) is 94.7 Å². The first-order valence-electron chi connectivity index (χ1n) is 16.6. The molecule has 0 aliphatic carbocycles. The number of sulfone groups is 1. The van der Waals surface area contributed by atoms with E-state index in [1.54, 1.807) is 12.1 Å². The Kier molecular flexibility index (Phi) is 11.0. The Morgan fingerprint density at radius 1 is 0.608 bits per heavy atom. The fourth-order valence-electron chi connectivity index (χ4n) is 6.11. The topological polar surface area (TPSA) is 83.1 Å². The zero-order chi connectivity index (χ0) is 36.2. The van der Waals surface area contributed by atoms with E-state index in [9.17, 15) is 30.4 Å². The first kappa shape index (κ1) is 36.7. The zero-order valence-electron chi connectivity index (χ0n) is 28.0. The smallest absolute Gasteiger partial charge is 0.419 e. The van der Waals surface area contributed by atoms with E-state index < -0.39 is 27.5 Å². The summed E-state index contributed by atoms with van der Waals surface area (Å²) in [5, 5.41) is 6.52. The molecule has 2 fully saturated rings. The van der Waals surface area contributed by atoms with Gasteiger partial charge in [0.2, 0.25) is 9.84 Å². The molecule has 8 nitrogen and oxygen atoms in total. The Balaban J connectivity index is 1.17. The van der Waals surface area contributed by atoms with Crippen molar-refractivity contribution in [3.63, 3.8) is 0 Å². The Hall–Kier alpha value is -4.08. The second-order valence-corrected chi connectivity index (χ2v) is 14.7. The van der Waals surface area contributed by atoms with E-state index in [1.807, 2.05) is 0 Å². The minimum absolute atomic E-state index is 0.0238. The molecule has 0 atom stereocenters. The van der Waals surface area contributed by atoms with Crippen molar-refractivity contribution in [3.8, 4) is 23.0 Å². The number of hydrogen-bond donors (Lipinski definition) is 2. The molecule has 0 spiro atoms. The maximum absolute atomic E-state index is 14.5. The van der Waals surface area contributed by atoms with Gasteiger partial charge < -0.3 is 20.1 Å². The van der Waals surface area contributed by atoms with E-state index >= 15 is 0 Å². The number of alkyl halides is 5. The summed E-state index contributed by atoms with van der Waals surface area (Å²) in [5.41, 5.74) is 0.240. The van der Waals surface area contributed by atoms with Crippen LogP contribution in [0, 0.1) is 0 Å². The number of ether oxygens (including phenoxy) is 2. The van der Waals surface area contributed by atoms with Gasteiger partial charge in [-0.1, -0.05) is 12.1 Å². The molecule has 2 N–H and O–H groups in total. The molecule has 4 aromatic rings. The first-order valence-corrected chi connectivity index (χ1v) is 18.1. The number of piperazine rings is 2. The fourth-order valence-corrected chi connectivity index (χ4v) is 7.38. The van der Waals surface area contributed by atoms with Crippen LogP contribution in [0.2, 0.25) is 0 Å². The number of nitrogens with zero attached hydrogens (tertiary/aromatic N) is 2. The van der Waals surface area contributed by atoms with Crippen molar-refractivity contribution in [2.45, 2.75) is 41.9 Å². The van der Waals surface area contributed by atoms with E-state index in [-0.39, 0.29) is 38.4 Å². The van der Waals surface area contributed by atoms with Gasteiger partial charge in [0.25, 0.3) is 5.92 Å². The van der Waals surface area contributed by atoms with E-state index in [4.69, 9.17) is 9.47 Å². The summed E-state index contributed by atoms with van der Waals surface area (Å²) in [4.78, 5) is 4.15. The molecule has 0 amide bonds. The third-order valence-electron chi connectivity index (χ3n) is 8.83. The highest BCUT2D eigenvalue weighted by molar-refractivity contribution is 7.91. The molecular weight excluding hydrogens is 691 g/mol. The Labute approximate surface area is 294 Å². The van der Waals surface area contributed by atoms with Crippen molar-refractivity contribution in [1.29, 1.82) is 0 Å². The quantitative estimate of drug-likeness (QED) is 0.159. The maximum Gasteiger partial charge on any atom is 0.419 e. The van der Waals surface area contributed by atoms with Crippen LogP contribution < -0.4 is 20.1 Å². The summed E-state index contributed by atoms with van der Waals surface area (Å²) in [7, 11) is -4.06. The number of halogens is 5. The molecule has 14 heteroatoms. The summed E-state index contributed by atoms with van der Waals surface area (Å²) in [6.07, 6.45) is -4.66. The van der Waals surface area contributed by atoms with E-state index in [2.05, 4.69) is 20.4 Å². The molecule has 0 radical (unpaired) electrons. The third kappa shape index (κ3) is 9.24. The van der Waals surface area contributed by atoms with Gasteiger partial charge in [0, 0.05) is 72.4 Å². The molecule has 2 saturated heterocycles. The molecule has 0 saturated carbocycles. The Morgan fingerprint density at radius 2 is 1.00 bits per heavy atom. The molecule has 2 heterocycles. The molecule has 6 rings (SSSR count). The fraction of sp³-hybridized carbons (Fsp3) is 0.351. The van der Waals surface area contributed by atoms with Gasteiger partial charge in [-0.15, -0.1) is 0 Å². The zero-order valence-corrected chi connectivity index (χ0v) is 28.8. The van der Waals surface area contributed by atoms with Crippen LogP contribution in [0.4, 0.5) is 22.0 Å². The van der Waals surface area contributed by atoms with Crippen LogP contribution >= 0.6 is 0 Å². The molecule has 51 heavy (non-hydrogen) atoms. The second-order valence-electron chi connectivity index (χ2n) is 12.7. The number of nitrogens with one attached hydrogen (secondary N) is 2. The summed E-state index contributed by atoms with van der Waals surface area (Å²) in [6, 6.07) is 18.9. The van der Waals surface area contributed by atoms with Crippen LogP contribution in [-0.2, 0) is 35.0 Å². The van der Waals surface area contributed by atoms with Crippen molar-refractivity contribution < 1.29 is 39.8 Å². The molecule has 2 aliphatic rings. The SMILES string of the molecule is CC(F)(F)c1ccc(CN2CCNCC2)cc1Oc1ccc(S(=O)(=O)c2ccc(Oc3cc(CN4CCNCC4)ccc3C(F)(F)F)cc2)cc1. The Morgan fingerprint density at radius 3 is 1.39 bits per heavy atom. The maximum atomic E-state index is 14.5. The minimum atomic E-state index is -4.66. The predicted octanol–water partition coefficient (Wildman–Crippen LogP) is 7.04. The van der Waals surface area contributed by atoms with Crippen molar-refractivity contribution >= 4 is 9.84 Å². The lowest BCUT2D eigenvalue weighted by atomic mass is 10.0. The summed E-state index contributed by atoms with van der Waals surface area (Å²) >= 11 is 0. The summed E-state index contributed by atoms with van der Waals surface area (Å²) in [5.74, 6) is -3.37. The Bertz CT molecular complexity index is 1770. The van der Waals surface area contributed by atoms with Crippen LogP contribution in [-0.4, -0.2) is 70.6 Å². The number of rotatable bonds is 11. The molecule has 0 unspecified atom stereocenters. The lowest BCUT2D eigenvalue weighted by molar-refractivity contribution is -0.138. The number of benzene rings is 4. The lowest BCUT2D eigenvalue weighted by Gasteiger charge is -2.27. The van der Waals surface area contributed by atoms with Crippen LogP contribution in [0.1, 0.15) is 29.2 Å². The normalized spacial score (nSPS) is 16.6. The average Bonchev–Trinajstić information content (AvgIpc) is 3.09. The van der Waals surface area contributed by atoms with Gasteiger partial charge >= 0.3 is 6.18 Å². The highest BCUT2D eigenvalue weighted by Gasteiger charge is 2.35. The van der Waals surface area contributed by atoms with E-state index in [0.717, 1.165) is 70.9 Å². The van der Waals surface area contributed by atoms with Gasteiger partial charge in [-0.3, -0.25) is 9.80 Å². The standard InChI is InChI=1S/C37H39F5N4O4S/c1-36(38,39)32-12-2-26(24-45-18-14-43-15-19-45)22-34(32)49-28-4-8-30(9-5-28)51(47,48)31-10-6-29(7-11-31)50-35-23-27(3-13-33(35)37(40,41)42)25-46-20-16-44-17-21-46/h2-13,22-23,43-44H,14-21,24-25H2,1H3. The highest BCUT2D eigenvalue weighted by Crippen LogP contribution is 2.40. The van der Waals surface area contributed by atoms with Gasteiger partial charge in [-0.25, -0.2) is 17.2 Å². The van der Waals surface area contributed by atoms with Crippen molar-refractivity contribution in [2.24, 2.45) is 0 Å². The molecule has 2 aliphatic heterocycles. The molecule has 0 bridgehead atoms. The largest absolute Gasteiger partial charge is 0.457 e. The summed E-state index contributed by atoms with van der Waals surface area (Å²) in [6.45, 7) is 8.31. The molecule has 0 aromatic heterocycles. The van der Waals surface area contributed by atoms with Crippen molar-refractivity contribution in [2.75, 3.05) is 52.4 Å². The molecular formula is C37H39F5N4O4S. The van der Waals surface area contributed by atoms with Crippen LogP contribution in [0.3, 0.4) is 0 Å². The predicted molar refractivity (Wildman–Crippen MR) is 182 cm³/mol. The van der Waals surface area contributed by atoms with Crippen LogP contribution in [0.25, 0.3) is 0 Å². The van der Waals surface area contributed by atoms with Gasteiger partial charge in [-0.2, -0.15) is 13.2 Å². The van der Waals surface area contributed by atoms with Gasteiger partial charge in [0.1, 0.15) is 23.0 Å². The van der Waals surface area contributed by atoms with Crippen molar-refractivity contribution in [1.82, 2.24) is 20.4 Å². The van der Waals surface area contributed by atoms with Crippen LogP contribution in [0.5, 0.6) is 23.0 Å². The summed E-state index contributed by atoms with van der Waals surface area (Å²) < 4.78 is 109. The highest BCUT2D eigenvalue weighted by atomic mass is 32.2. The number of hydrogen-bond acceptors (Lipinski definition) is 8. The van der Waals surface area contributed by atoms with Gasteiger partial charge in [0.05, 0.1) is 20.9 Å². The van der Waals surface area contributed by atoms with Crippen molar-refractivity contribution in [3.05, 3.63) is 107 Å². The van der Waals surface area contributed by atoms with E-state index in [0.29, 0.717) is 18.7 Å². The lowest BCUT2D eigenvalue weighted by Crippen LogP contribution is -2.42. The van der Waals surface area contributed by atoms with E-state index in [1.165, 1.54) is 66.7 Å². The first-order chi connectivity index (χ1) is 24.3. The van der Waals surface area contributed by atoms with Gasteiger partial charge in [0.15, 0.2) is 0 Å². The minimum Gasteiger partial charge on any atom is -0.457 e. The molecule has 4 aromatic carbocycles. The third-order valence-corrected chi connectivity index (χ3v) is 10.6. The van der Waals surface area contributed by atoms with Gasteiger partial charge in [-0.05, 0) is 83.9 Å². The second kappa shape index (κ2) is 15.3. The monoisotopic (exact) mass is 730 g/mol.